The highest BCUT2D eigenvalue weighted by Crippen LogP contribution is 2.34. The molecule has 0 spiro atoms. The van der Waals surface area contributed by atoms with Crippen molar-refractivity contribution in [2.24, 2.45) is 0 Å². The second-order valence-electron chi connectivity index (χ2n) is 10.2. The van der Waals surface area contributed by atoms with E-state index in [-0.39, 0.29) is 28.8 Å². The van der Waals surface area contributed by atoms with Crippen LogP contribution in [0.15, 0.2) is 64.2 Å². The van der Waals surface area contributed by atoms with E-state index in [2.05, 4.69) is 20.3 Å². The molecule has 39 heavy (non-hydrogen) atoms. The van der Waals surface area contributed by atoms with Gasteiger partial charge in [0.1, 0.15) is 23.1 Å². The van der Waals surface area contributed by atoms with Crippen LogP contribution in [0, 0.1) is 0 Å². The van der Waals surface area contributed by atoms with Crippen molar-refractivity contribution in [1.82, 2.24) is 24.6 Å². The first kappa shape index (κ1) is 23.4. The number of rotatable bonds is 2. The van der Waals surface area contributed by atoms with Crippen LogP contribution >= 0.6 is 0 Å². The molecule has 1 amide bonds. The molecule has 10 heteroatoms. The van der Waals surface area contributed by atoms with Gasteiger partial charge in [0.05, 0.1) is 23.0 Å². The molecular weight excluding hydrogens is 496 g/mol. The Morgan fingerprint density at radius 3 is 2.79 bits per heavy atom. The van der Waals surface area contributed by atoms with Crippen molar-refractivity contribution in [2.45, 2.75) is 26.0 Å². The third-order valence-electron chi connectivity index (χ3n) is 7.48. The number of anilines is 1. The summed E-state index contributed by atoms with van der Waals surface area (Å²) in [5.74, 6) is 0.425. The van der Waals surface area contributed by atoms with E-state index in [9.17, 15) is 14.4 Å². The molecule has 0 aliphatic carbocycles. The van der Waals surface area contributed by atoms with Crippen molar-refractivity contribution in [3.05, 3.63) is 75.3 Å². The van der Waals surface area contributed by atoms with Crippen molar-refractivity contribution in [1.29, 1.82) is 0 Å². The number of carbonyl (C=O) groups excluding carboxylic acids is 1. The van der Waals surface area contributed by atoms with Gasteiger partial charge in [-0.05, 0) is 47.9 Å². The SMILES string of the molecule is CC(=O)Nc1cccc(-c2cc3c4nc(c(=O)[nH]c4c2)-c2cccc4c(=O)n([nH]c24)CCN2CC[C@@H](C2)O3)c1. The molecule has 196 valence electrons. The molecule has 2 aromatic heterocycles. The summed E-state index contributed by atoms with van der Waals surface area (Å²) < 4.78 is 8.18. The van der Waals surface area contributed by atoms with Gasteiger partial charge in [-0.15, -0.1) is 0 Å². The highest BCUT2D eigenvalue weighted by Gasteiger charge is 2.26. The Balaban J connectivity index is 1.46. The monoisotopic (exact) mass is 522 g/mol. The van der Waals surface area contributed by atoms with Crippen molar-refractivity contribution in [3.63, 3.8) is 0 Å². The van der Waals surface area contributed by atoms with Gasteiger partial charge >= 0.3 is 0 Å². The predicted octanol–water partition coefficient (Wildman–Crippen LogP) is 3.33. The van der Waals surface area contributed by atoms with Crippen molar-refractivity contribution in [2.75, 3.05) is 25.0 Å². The van der Waals surface area contributed by atoms with Crippen LogP contribution in [-0.4, -0.2) is 56.3 Å². The molecule has 1 saturated heterocycles. The molecule has 2 aliphatic heterocycles. The average molecular weight is 523 g/mol. The number of H-pyrrole nitrogens is 2. The number of aromatic amines is 2. The Labute approximate surface area is 222 Å². The predicted molar refractivity (Wildman–Crippen MR) is 149 cm³/mol. The lowest BCUT2D eigenvalue weighted by molar-refractivity contribution is -0.114. The van der Waals surface area contributed by atoms with Crippen molar-refractivity contribution < 1.29 is 9.53 Å². The largest absolute Gasteiger partial charge is 0.487 e. The molecule has 0 saturated carbocycles. The van der Waals surface area contributed by atoms with E-state index in [4.69, 9.17) is 9.72 Å². The minimum Gasteiger partial charge on any atom is -0.487 e. The molecule has 3 N–H and O–H groups in total. The van der Waals surface area contributed by atoms with Gasteiger partial charge in [0.15, 0.2) is 0 Å². The smallest absolute Gasteiger partial charge is 0.275 e. The van der Waals surface area contributed by atoms with Crippen LogP contribution in [0.25, 0.3) is 44.3 Å². The maximum Gasteiger partial charge on any atom is 0.275 e. The Morgan fingerprint density at radius 1 is 1.05 bits per heavy atom. The molecule has 1 unspecified atom stereocenters. The molecule has 0 radical (unpaired) electrons. The number of fused-ring (bicyclic) bond motifs is 5. The second-order valence-corrected chi connectivity index (χ2v) is 10.2. The van der Waals surface area contributed by atoms with Gasteiger partial charge in [-0.25, -0.2) is 4.98 Å². The number of benzene rings is 3. The molecule has 5 aromatic rings. The molecule has 4 heterocycles. The fourth-order valence-electron chi connectivity index (χ4n) is 5.64. The summed E-state index contributed by atoms with van der Waals surface area (Å²) in [7, 11) is 0. The number of nitrogens with one attached hydrogen (secondary N) is 3. The van der Waals surface area contributed by atoms with Gasteiger partial charge in [0.2, 0.25) is 5.91 Å². The van der Waals surface area contributed by atoms with E-state index in [0.717, 1.165) is 30.6 Å². The minimum atomic E-state index is -0.363. The summed E-state index contributed by atoms with van der Waals surface area (Å²) in [6.07, 6.45) is 0.775. The van der Waals surface area contributed by atoms with Crippen LogP contribution in [0.4, 0.5) is 5.69 Å². The molecule has 2 aliphatic rings. The van der Waals surface area contributed by atoms with Gasteiger partial charge in [-0.3, -0.25) is 29.1 Å². The Hall–Kier alpha value is -4.70. The topological polar surface area (TPSA) is 125 Å². The summed E-state index contributed by atoms with van der Waals surface area (Å²) in [6.45, 7) is 4.26. The van der Waals surface area contributed by atoms with E-state index in [1.165, 1.54) is 6.92 Å². The summed E-state index contributed by atoms with van der Waals surface area (Å²) in [6, 6.07) is 16.7. The number of ether oxygens (including phenoxy) is 1. The molecule has 3 aromatic carbocycles. The highest BCUT2D eigenvalue weighted by atomic mass is 16.5. The zero-order valence-corrected chi connectivity index (χ0v) is 21.3. The maximum atomic E-state index is 13.4. The van der Waals surface area contributed by atoms with Crippen molar-refractivity contribution in [3.8, 4) is 28.1 Å². The normalized spacial score (nSPS) is 18.4. The molecule has 1 fully saturated rings. The van der Waals surface area contributed by atoms with Gasteiger partial charge in [0, 0.05) is 37.8 Å². The number of para-hydroxylation sites is 1. The van der Waals surface area contributed by atoms with Crippen molar-refractivity contribution >= 4 is 33.5 Å². The van der Waals surface area contributed by atoms with Gasteiger partial charge in [-0.1, -0.05) is 24.3 Å². The van der Waals surface area contributed by atoms with Gasteiger partial charge in [-0.2, -0.15) is 0 Å². The van der Waals surface area contributed by atoms with Crippen LogP contribution in [0.2, 0.25) is 0 Å². The zero-order valence-electron chi connectivity index (χ0n) is 21.3. The number of amides is 1. The first-order valence-corrected chi connectivity index (χ1v) is 13.0. The third kappa shape index (κ3) is 4.09. The summed E-state index contributed by atoms with van der Waals surface area (Å²) in [5.41, 5.74) is 4.35. The molecule has 10 nitrogen and oxygen atoms in total. The number of hydrogen-bond donors (Lipinski definition) is 3. The lowest BCUT2D eigenvalue weighted by Gasteiger charge is -2.19. The lowest BCUT2D eigenvalue weighted by Crippen LogP contribution is -2.30. The molecule has 6 bridgehead atoms. The maximum absolute atomic E-state index is 13.4. The molecular formula is C29H26N6O4. The number of aromatic nitrogens is 4. The first-order chi connectivity index (χ1) is 18.9. The summed E-state index contributed by atoms with van der Waals surface area (Å²) >= 11 is 0. The third-order valence-corrected chi connectivity index (χ3v) is 7.48. The van der Waals surface area contributed by atoms with Crippen LogP contribution in [0.5, 0.6) is 5.75 Å². The Kier molecular flexibility index (Phi) is 5.38. The molecule has 7 rings (SSSR count). The fourth-order valence-corrected chi connectivity index (χ4v) is 5.64. The lowest BCUT2D eigenvalue weighted by atomic mass is 10.0. The van der Waals surface area contributed by atoms with Gasteiger partial charge in [0.25, 0.3) is 11.1 Å². The Morgan fingerprint density at radius 2 is 1.92 bits per heavy atom. The van der Waals surface area contributed by atoms with E-state index in [0.29, 0.717) is 52.0 Å². The summed E-state index contributed by atoms with van der Waals surface area (Å²) in [4.78, 5) is 48.3. The Bertz CT molecular complexity index is 1900. The quantitative estimate of drug-likeness (QED) is 0.327. The highest BCUT2D eigenvalue weighted by molar-refractivity contribution is 5.95. The van der Waals surface area contributed by atoms with Crippen LogP contribution in [0.1, 0.15) is 13.3 Å². The fraction of sp³-hybridized carbons (Fsp3) is 0.241. The van der Waals surface area contributed by atoms with E-state index >= 15 is 0 Å². The number of nitrogens with zero attached hydrogens (tertiary/aromatic N) is 3. The van der Waals surface area contributed by atoms with Crippen LogP contribution in [-0.2, 0) is 11.3 Å². The minimum absolute atomic E-state index is 0.0619. The average Bonchev–Trinajstić information content (AvgIpc) is 3.50. The zero-order chi connectivity index (χ0) is 26.7. The second kappa shape index (κ2) is 8.95. The summed E-state index contributed by atoms with van der Waals surface area (Å²) in [5, 5.41) is 6.57. The van der Waals surface area contributed by atoms with Crippen LogP contribution in [0.3, 0.4) is 0 Å². The van der Waals surface area contributed by atoms with Gasteiger partial charge < -0.3 is 15.0 Å². The number of hydrogen-bond acceptors (Lipinski definition) is 6. The van der Waals surface area contributed by atoms with E-state index < -0.39 is 0 Å². The van der Waals surface area contributed by atoms with E-state index in [1.54, 1.807) is 22.9 Å². The molecule has 2 atom stereocenters. The van der Waals surface area contributed by atoms with E-state index in [1.807, 2.05) is 36.4 Å². The first-order valence-electron chi connectivity index (χ1n) is 13.0. The number of carbonyl (C=O) groups is 1. The van der Waals surface area contributed by atoms with Crippen LogP contribution < -0.4 is 21.2 Å². The standard InChI is InChI=1S/C29H26N6O4/c1-16(36)30-19-5-2-4-17(12-19)18-13-23-27-24(14-18)39-20-8-9-34(15-20)10-11-35-29(38)22-7-3-6-21(25(22)33-35)26(32-27)28(37)31-23/h2-7,12-14,20,33H,8-11,15H2,1H3,(H,30,36)(H,31,37)/t20-/m0/s1.